The maximum absolute atomic E-state index is 5.71. The van der Waals surface area contributed by atoms with Gasteiger partial charge in [0, 0.05) is 18.6 Å². The van der Waals surface area contributed by atoms with E-state index in [-0.39, 0.29) is 6.04 Å². The summed E-state index contributed by atoms with van der Waals surface area (Å²) in [6, 6.07) is 0.613. The van der Waals surface area contributed by atoms with Crippen molar-refractivity contribution >= 4 is 0 Å². The van der Waals surface area contributed by atoms with Gasteiger partial charge in [-0.1, -0.05) is 0 Å². The Morgan fingerprint density at radius 1 is 1.50 bits per heavy atom. The second kappa shape index (κ2) is 4.66. The van der Waals surface area contributed by atoms with E-state index in [1.807, 2.05) is 28.1 Å². The molecule has 0 aliphatic heterocycles. The summed E-state index contributed by atoms with van der Waals surface area (Å²) in [5.41, 5.74) is 5.71. The van der Waals surface area contributed by atoms with Crippen molar-refractivity contribution in [3.63, 3.8) is 0 Å². The van der Waals surface area contributed by atoms with E-state index in [0.29, 0.717) is 6.04 Å². The van der Waals surface area contributed by atoms with E-state index in [4.69, 9.17) is 5.73 Å². The highest BCUT2D eigenvalue weighted by Crippen LogP contribution is 1.89. The Morgan fingerprint density at radius 3 is 2.10 bits per heavy atom. The lowest BCUT2D eigenvalue weighted by Crippen LogP contribution is -2.47. The van der Waals surface area contributed by atoms with Crippen LogP contribution in [-0.2, 0) is 0 Å². The summed E-state index contributed by atoms with van der Waals surface area (Å²) >= 11 is 0. The lowest BCUT2D eigenvalue weighted by Gasteiger charge is -2.23. The maximum atomic E-state index is 5.71. The van der Waals surface area contributed by atoms with Crippen LogP contribution < -0.4 is 11.1 Å². The molecule has 0 aromatic rings. The second-order valence-electron chi connectivity index (χ2n) is 3.02. The molecule has 0 saturated heterocycles. The molecule has 0 aromatic carbocycles. The minimum atomic E-state index is 0.215. The summed E-state index contributed by atoms with van der Waals surface area (Å²) in [6.07, 6.45) is 0. The van der Waals surface area contributed by atoms with E-state index in [1.165, 1.54) is 0 Å². The maximum Gasteiger partial charge on any atom is 0.0341 e. The van der Waals surface area contributed by atoms with E-state index in [1.54, 1.807) is 0 Å². The molecule has 0 aromatic heterocycles. The Hall–Kier alpha value is -0.120. The van der Waals surface area contributed by atoms with E-state index >= 15 is 0 Å². The molecule has 0 aliphatic carbocycles. The molecule has 0 bridgehead atoms. The van der Waals surface area contributed by atoms with Crippen LogP contribution in [-0.4, -0.2) is 44.7 Å². The number of hydrogen-bond donors (Lipinski definition) is 2. The molecule has 3 nitrogen and oxygen atoms in total. The summed E-state index contributed by atoms with van der Waals surface area (Å²) in [7, 11) is 6.04. The third-order valence-electron chi connectivity index (χ3n) is 1.57. The monoisotopic (exact) mass is 145 g/mol. The third-order valence-corrected chi connectivity index (χ3v) is 1.57. The Bertz CT molecular complexity index is 80.9. The SMILES string of the molecule is CNC(CN(C)C)C(C)N. The average Bonchev–Trinajstić information content (AvgIpc) is 1.81. The molecular formula is C7H19N3. The van der Waals surface area contributed by atoms with Crippen molar-refractivity contribution in [3.8, 4) is 0 Å². The van der Waals surface area contributed by atoms with Gasteiger partial charge < -0.3 is 16.0 Å². The number of nitrogens with one attached hydrogen (secondary N) is 1. The van der Waals surface area contributed by atoms with Gasteiger partial charge in [-0.05, 0) is 28.1 Å². The Labute approximate surface area is 63.6 Å². The topological polar surface area (TPSA) is 41.3 Å². The first-order valence-electron chi connectivity index (χ1n) is 3.65. The van der Waals surface area contributed by atoms with Crippen LogP contribution >= 0.6 is 0 Å². The van der Waals surface area contributed by atoms with Crippen LogP contribution in [0.4, 0.5) is 0 Å². The fourth-order valence-electron chi connectivity index (χ4n) is 0.914. The normalized spacial score (nSPS) is 17.4. The number of nitrogens with two attached hydrogens (primary N) is 1. The standard InChI is InChI=1S/C7H19N3/c1-6(8)7(9-2)5-10(3)4/h6-7,9H,5,8H2,1-4H3. The van der Waals surface area contributed by atoms with Crippen LogP contribution in [0.5, 0.6) is 0 Å². The summed E-state index contributed by atoms with van der Waals surface area (Å²) in [5.74, 6) is 0. The van der Waals surface area contributed by atoms with Gasteiger partial charge in [0.1, 0.15) is 0 Å². The Kier molecular flexibility index (Phi) is 4.60. The second-order valence-corrected chi connectivity index (χ2v) is 3.02. The van der Waals surface area contributed by atoms with E-state index in [9.17, 15) is 0 Å². The minimum Gasteiger partial charge on any atom is -0.326 e. The van der Waals surface area contributed by atoms with Crippen molar-refractivity contribution in [1.82, 2.24) is 10.2 Å². The number of likely N-dealkylation sites (N-methyl/N-ethyl adjacent to an activating group) is 2. The molecule has 62 valence electrons. The lowest BCUT2D eigenvalue weighted by atomic mass is 10.1. The first-order chi connectivity index (χ1) is 4.57. The molecule has 10 heavy (non-hydrogen) atoms. The molecule has 0 fully saturated rings. The quantitative estimate of drug-likeness (QED) is 0.559. The van der Waals surface area contributed by atoms with Crippen LogP contribution in [0, 0.1) is 0 Å². The van der Waals surface area contributed by atoms with Crippen LogP contribution in [0.3, 0.4) is 0 Å². The van der Waals surface area contributed by atoms with Gasteiger partial charge in [-0.3, -0.25) is 0 Å². The van der Waals surface area contributed by atoms with Gasteiger partial charge in [-0.2, -0.15) is 0 Å². The Morgan fingerprint density at radius 2 is 2.00 bits per heavy atom. The molecule has 0 rings (SSSR count). The van der Waals surface area contributed by atoms with E-state index < -0.39 is 0 Å². The molecule has 0 spiro atoms. The van der Waals surface area contributed by atoms with Gasteiger partial charge in [-0.25, -0.2) is 0 Å². The summed E-state index contributed by atoms with van der Waals surface area (Å²) in [6.45, 7) is 3.01. The molecule has 3 N–H and O–H groups in total. The molecule has 0 aliphatic rings. The summed E-state index contributed by atoms with van der Waals surface area (Å²) in [4.78, 5) is 2.13. The van der Waals surface area contributed by atoms with Crippen LogP contribution in [0.25, 0.3) is 0 Å². The molecule has 2 atom stereocenters. The molecule has 0 saturated carbocycles. The van der Waals surface area contributed by atoms with Crippen molar-refractivity contribution in [2.75, 3.05) is 27.7 Å². The van der Waals surface area contributed by atoms with Crippen molar-refractivity contribution in [2.24, 2.45) is 5.73 Å². The predicted octanol–water partition coefficient (Wildman–Crippen LogP) is -0.517. The molecule has 3 heteroatoms. The smallest absolute Gasteiger partial charge is 0.0341 e. The van der Waals surface area contributed by atoms with Gasteiger partial charge in [0.2, 0.25) is 0 Å². The number of rotatable bonds is 4. The van der Waals surface area contributed by atoms with E-state index in [0.717, 1.165) is 6.54 Å². The van der Waals surface area contributed by atoms with E-state index in [2.05, 4.69) is 10.2 Å². The summed E-state index contributed by atoms with van der Waals surface area (Å²) in [5, 5.41) is 3.17. The highest BCUT2D eigenvalue weighted by Gasteiger charge is 2.10. The van der Waals surface area contributed by atoms with Crippen LogP contribution in [0.1, 0.15) is 6.92 Å². The van der Waals surface area contributed by atoms with Gasteiger partial charge >= 0.3 is 0 Å². The van der Waals surface area contributed by atoms with Crippen molar-refractivity contribution in [3.05, 3.63) is 0 Å². The van der Waals surface area contributed by atoms with Crippen molar-refractivity contribution in [2.45, 2.75) is 19.0 Å². The van der Waals surface area contributed by atoms with Gasteiger partial charge in [-0.15, -0.1) is 0 Å². The molecule has 0 amide bonds. The highest BCUT2D eigenvalue weighted by atomic mass is 15.1. The first kappa shape index (κ1) is 9.88. The van der Waals surface area contributed by atoms with Gasteiger partial charge in [0.15, 0.2) is 0 Å². The zero-order chi connectivity index (χ0) is 8.15. The third kappa shape index (κ3) is 3.82. The predicted molar refractivity (Wildman–Crippen MR) is 45.1 cm³/mol. The molecular weight excluding hydrogens is 126 g/mol. The fourth-order valence-corrected chi connectivity index (χ4v) is 0.914. The first-order valence-corrected chi connectivity index (χ1v) is 3.65. The van der Waals surface area contributed by atoms with Crippen LogP contribution in [0.15, 0.2) is 0 Å². The average molecular weight is 145 g/mol. The minimum absolute atomic E-state index is 0.215. The van der Waals surface area contributed by atoms with Gasteiger partial charge in [0.05, 0.1) is 0 Å². The fraction of sp³-hybridized carbons (Fsp3) is 1.00. The highest BCUT2D eigenvalue weighted by molar-refractivity contribution is 4.75. The zero-order valence-corrected chi connectivity index (χ0v) is 7.39. The van der Waals surface area contributed by atoms with Gasteiger partial charge in [0.25, 0.3) is 0 Å². The Balaban J connectivity index is 3.60. The summed E-state index contributed by atoms with van der Waals surface area (Å²) < 4.78 is 0. The largest absolute Gasteiger partial charge is 0.326 e. The number of hydrogen-bond acceptors (Lipinski definition) is 3. The van der Waals surface area contributed by atoms with Crippen molar-refractivity contribution in [1.29, 1.82) is 0 Å². The zero-order valence-electron chi connectivity index (χ0n) is 7.39. The van der Waals surface area contributed by atoms with Crippen molar-refractivity contribution < 1.29 is 0 Å². The molecule has 0 heterocycles. The van der Waals surface area contributed by atoms with Crippen LogP contribution in [0.2, 0.25) is 0 Å². The molecule has 2 unspecified atom stereocenters. The lowest BCUT2D eigenvalue weighted by molar-refractivity contribution is 0.324. The number of nitrogens with zero attached hydrogens (tertiary/aromatic N) is 1. The molecule has 0 radical (unpaired) electrons.